The van der Waals surface area contributed by atoms with Gasteiger partial charge >= 0.3 is 0 Å². The van der Waals surface area contributed by atoms with Crippen LogP contribution >= 0.6 is 0 Å². The van der Waals surface area contributed by atoms with E-state index >= 15 is 0 Å². The Kier molecular flexibility index (Phi) is 4.67. The smallest absolute Gasteiger partial charge is 0.0462 e. The lowest BCUT2D eigenvalue weighted by atomic mass is 10.00. The van der Waals surface area contributed by atoms with Crippen molar-refractivity contribution in [1.29, 1.82) is 0 Å². The van der Waals surface area contributed by atoms with Gasteiger partial charge in [-0.05, 0) is 37.3 Å². The van der Waals surface area contributed by atoms with E-state index in [4.69, 9.17) is 0 Å². The molecule has 2 nitrogen and oxygen atoms in total. The zero-order valence-corrected chi connectivity index (χ0v) is 15.6. The fourth-order valence-electron chi connectivity index (χ4n) is 3.00. The van der Waals surface area contributed by atoms with Crippen molar-refractivity contribution in [3.8, 4) is 11.8 Å². The van der Waals surface area contributed by atoms with E-state index in [2.05, 4.69) is 111 Å². The first-order valence-corrected chi connectivity index (χ1v) is 8.46. The molecule has 0 saturated carbocycles. The van der Waals surface area contributed by atoms with Gasteiger partial charge in [0.25, 0.3) is 0 Å². The van der Waals surface area contributed by atoms with Crippen LogP contribution in [0.5, 0.6) is 0 Å². The van der Waals surface area contributed by atoms with E-state index in [1.165, 1.54) is 27.7 Å². The average molecular weight is 328 g/mol. The minimum absolute atomic E-state index is 1.04. The van der Waals surface area contributed by atoms with Gasteiger partial charge in [-0.25, -0.2) is 0 Å². The number of hydrogen-bond acceptors (Lipinski definition) is 2. The molecule has 0 amide bonds. The van der Waals surface area contributed by atoms with Crippen molar-refractivity contribution < 1.29 is 0 Å². The minimum atomic E-state index is 1.04. The highest BCUT2D eigenvalue weighted by molar-refractivity contribution is 6.06. The molecule has 0 aromatic heterocycles. The van der Waals surface area contributed by atoms with Crippen LogP contribution in [0.3, 0.4) is 0 Å². The predicted molar refractivity (Wildman–Crippen MR) is 110 cm³/mol. The Balaban J connectivity index is 2.19. The van der Waals surface area contributed by atoms with Crippen LogP contribution in [0.2, 0.25) is 0 Å². The van der Waals surface area contributed by atoms with Gasteiger partial charge in [0, 0.05) is 61.5 Å². The third-order valence-electron chi connectivity index (χ3n) is 4.35. The standard InChI is InChI=1S/C23H24N2/c1-17-9-11-18(12-10-17)13-14-19-15-16-22(25(4)5)23-20(19)7-6-8-21(23)24(2)3/h6-12,15-16H,1-5H3. The maximum absolute atomic E-state index is 3.37. The van der Waals surface area contributed by atoms with Gasteiger partial charge in [-0.2, -0.15) is 0 Å². The van der Waals surface area contributed by atoms with E-state index in [1.807, 2.05) is 0 Å². The third-order valence-corrected chi connectivity index (χ3v) is 4.35. The zero-order valence-electron chi connectivity index (χ0n) is 15.6. The first kappa shape index (κ1) is 16.9. The van der Waals surface area contributed by atoms with Crippen LogP contribution in [-0.2, 0) is 0 Å². The highest BCUT2D eigenvalue weighted by Gasteiger charge is 2.12. The van der Waals surface area contributed by atoms with Gasteiger partial charge in [-0.3, -0.25) is 0 Å². The molecule has 0 saturated heterocycles. The molecule has 126 valence electrons. The summed E-state index contributed by atoms with van der Waals surface area (Å²) in [6.45, 7) is 2.09. The molecule has 0 aliphatic heterocycles. The molecule has 0 fully saturated rings. The van der Waals surface area contributed by atoms with E-state index in [9.17, 15) is 0 Å². The van der Waals surface area contributed by atoms with E-state index in [-0.39, 0.29) is 0 Å². The van der Waals surface area contributed by atoms with Crippen molar-refractivity contribution in [1.82, 2.24) is 0 Å². The van der Waals surface area contributed by atoms with E-state index < -0.39 is 0 Å². The lowest BCUT2D eigenvalue weighted by molar-refractivity contribution is 1.12. The molecule has 0 bridgehead atoms. The van der Waals surface area contributed by atoms with Gasteiger partial charge in [-0.15, -0.1) is 0 Å². The maximum atomic E-state index is 3.37. The summed E-state index contributed by atoms with van der Waals surface area (Å²) in [7, 11) is 8.33. The molecular weight excluding hydrogens is 304 g/mol. The molecule has 0 atom stereocenters. The second kappa shape index (κ2) is 6.91. The van der Waals surface area contributed by atoms with Gasteiger partial charge in [0.1, 0.15) is 0 Å². The van der Waals surface area contributed by atoms with Crippen LogP contribution < -0.4 is 9.80 Å². The van der Waals surface area contributed by atoms with Gasteiger partial charge in [-0.1, -0.05) is 41.7 Å². The minimum Gasteiger partial charge on any atom is -0.377 e. The molecule has 25 heavy (non-hydrogen) atoms. The highest BCUT2D eigenvalue weighted by Crippen LogP contribution is 2.35. The summed E-state index contributed by atoms with van der Waals surface area (Å²) < 4.78 is 0. The summed E-state index contributed by atoms with van der Waals surface area (Å²) in [5.74, 6) is 6.67. The van der Waals surface area contributed by atoms with Crippen molar-refractivity contribution in [2.24, 2.45) is 0 Å². The van der Waals surface area contributed by atoms with Crippen LogP contribution in [-0.4, -0.2) is 28.2 Å². The van der Waals surface area contributed by atoms with Crippen molar-refractivity contribution >= 4 is 22.1 Å². The molecule has 3 aromatic rings. The molecule has 2 heteroatoms. The molecule has 0 radical (unpaired) electrons. The van der Waals surface area contributed by atoms with E-state index in [1.54, 1.807) is 0 Å². The number of nitrogens with zero attached hydrogens (tertiary/aromatic N) is 2. The van der Waals surface area contributed by atoms with Crippen LogP contribution in [0.4, 0.5) is 11.4 Å². The predicted octanol–water partition coefficient (Wildman–Crippen LogP) is 4.68. The Morgan fingerprint density at radius 1 is 0.680 bits per heavy atom. The molecule has 0 unspecified atom stereocenters. The second-order valence-corrected chi connectivity index (χ2v) is 6.74. The summed E-state index contributed by atoms with van der Waals surface area (Å²) in [4.78, 5) is 4.32. The highest BCUT2D eigenvalue weighted by atomic mass is 15.1. The second-order valence-electron chi connectivity index (χ2n) is 6.74. The third kappa shape index (κ3) is 3.46. The number of fused-ring (bicyclic) bond motifs is 1. The molecule has 3 rings (SSSR count). The van der Waals surface area contributed by atoms with Crippen LogP contribution in [0, 0.1) is 18.8 Å². The summed E-state index contributed by atoms with van der Waals surface area (Å²) in [5, 5.41) is 2.44. The Morgan fingerprint density at radius 3 is 1.96 bits per heavy atom. The number of benzene rings is 3. The summed E-state index contributed by atoms with van der Waals surface area (Å²) in [5.41, 5.74) is 5.77. The maximum Gasteiger partial charge on any atom is 0.0462 e. The van der Waals surface area contributed by atoms with Crippen LogP contribution in [0.25, 0.3) is 10.8 Å². The average Bonchev–Trinajstić information content (AvgIpc) is 2.60. The van der Waals surface area contributed by atoms with Gasteiger partial charge in [0.2, 0.25) is 0 Å². The molecule has 3 aromatic carbocycles. The normalized spacial score (nSPS) is 10.3. The monoisotopic (exact) mass is 328 g/mol. The fourth-order valence-corrected chi connectivity index (χ4v) is 3.00. The van der Waals surface area contributed by atoms with Gasteiger partial charge < -0.3 is 9.80 Å². The van der Waals surface area contributed by atoms with Crippen molar-refractivity contribution in [2.45, 2.75) is 6.92 Å². The quantitative estimate of drug-likeness (QED) is 0.630. The molecule has 0 N–H and O–H groups in total. The molecule has 0 aliphatic rings. The summed E-state index contributed by atoms with van der Waals surface area (Å²) in [6.07, 6.45) is 0. The summed E-state index contributed by atoms with van der Waals surface area (Å²) in [6, 6.07) is 19.1. The largest absolute Gasteiger partial charge is 0.377 e. The first-order chi connectivity index (χ1) is 12.0. The number of anilines is 2. The Bertz CT molecular complexity index is 941. The van der Waals surface area contributed by atoms with Crippen molar-refractivity contribution in [2.75, 3.05) is 38.0 Å². The van der Waals surface area contributed by atoms with Crippen molar-refractivity contribution in [3.05, 3.63) is 71.3 Å². The molecular formula is C23H24N2. The topological polar surface area (TPSA) is 6.48 Å². The van der Waals surface area contributed by atoms with Gasteiger partial charge in [0.05, 0.1) is 0 Å². The number of hydrogen-bond donors (Lipinski definition) is 0. The number of aryl methyl sites for hydroxylation is 1. The first-order valence-electron chi connectivity index (χ1n) is 8.46. The SMILES string of the molecule is Cc1ccc(C#Cc2ccc(N(C)C)c3c(N(C)C)cccc23)cc1. The lowest BCUT2D eigenvalue weighted by Gasteiger charge is -2.22. The van der Waals surface area contributed by atoms with Gasteiger partial charge in [0.15, 0.2) is 0 Å². The molecule has 0 aliphatic carbocycles. The number of rotatable bonds is 2. The Labute approximate surface area is 150 Å². The zero-order chi connectivity index (χ0) is 18.0. The molecule has 0 heterocycles. The van der Waals surface area contributed by atoms with Crippen molar-refractivity contribution in [3.63, 3.8) is 0 Å². The fraction of sp³-hybridized carbons (Fsp3) is 0.217. The van der Waals surface area contributed by atoms with Crippen LogP contribution in [0.15, 0.2) is 54.6 Å². The lowest BCUT2D eigenvalue weighted by Crippen LogP contribution is -2.13. The summed E-state index contributed by atoms with van der Waals surface area (Å²) >= 11 is 0. The van der Waals surface area contributed by atoms with E-state index in [0.29, 0.717) is 0 Å². The van der Waals surface area contributed by atoms with Crippen LogP contribution in [0.1, 0.15) is 16.7 Å². The Hall–Kier alpha value is -2.92. The van der Waals surface area contributed by atoms with E-state index in [0.717, 1.165) is 11.1 Å². The Morgan fingerprint density at radius 2 is 1.32 bits per heavy atom. The molecule has 0 spiro atoms.